The molecule has 0 aliphatic rings. The first-order valence-electron chi connectivity index (χ1n) is 8.40. The number of rotatable bonds is 4. The number of carbonyl (C=O) groups is 1. The highest BCUT2D eigenvalue weighted by Gasteiger charge is 2.14. The number of ether oxygens (including phenoxy) is 1. The molecular weight excluding hydrogens is 360 g/mol. The van der Waals surface area contributed by atoms with Gasteiger partial charge in [-0.15, -0.1) is 0 Å². The van der Waals surface area contributed by atoms with Crippen molar-refractivity contribution >= 4 is 28.9 Å². The molecule has 5 nitrogen and oxygen atoms in total. The highest BCUT2D eigenvalue weighted by Crippen LogP contribution is 2.25. The van der Waals surface area contributed by atoms with Crippen molar-refractivity contribution in [3.8, 4) is 17.1 Å². The SMILES string of the molecule is COc1ccccc1NC(=S)NC(=O)c1ccc(-c2ccc(C)c(C)c2)o1. The molecular formula is C21H20N2O3S. The molecule has 0 atom stereocenters. The minimum absolute atomic E-state index is 0.161. The van der Waals surface area contributed by atoms with E-state index in [1.54, 1.807) is 25.3 Å². The zero-order chi connectivity index (χ0) is 19.4. The summed E-state index contributed by atoms with van der Waals surface area (Å²) in [5.74, 6) is 1.03. The van der Waals surface area contributed by atoms with E-state index in [1.807, 2.05) is 43.3 Å². The second kappa shape index (κ2) is 8.05. The lowest BCUT2D eigenvalue weighted by molar-refractivity contribution is 0.0951. The molecule has 0 radical (unpaired) electrons. The van der Waals surface area contributed by atoms with Crippen molar-refractivity contribution in [1.82, 2.24) is 5.32 Å². The fourth-order valence-electron chi connectivity index (χ4n) is 2.58. The molecule has 1 aromatic heterocycles. The van der Waals surface area contributed by atoms with Crippen LogP contribution in [0.4, 0.5) is 5.69 Å². The smallest absolute Gasteiger partial charge is 0.293 e. The zero-order valence-corrected chi connectivity index (χ0v) is 16.1. The third-order valence-electron chi connectivity index (χ3n) is 4.20. The van der Waals surface area contributed by atoms with E-state index in [0.29, 0.717) is 17.2 Å². The Morgan fingerprint density at radius 3 is 2.56 bits per heavy atom. The summed E-state index contributed by atoms with van der Waals surface area (Å²) in [6.07, 6.45) is 0. The van der Waals surface area contributed by atoms with Gasteiger partial charge in [0.05, 0.1) is 12.8 Å². The summed E-state index contributed by atoms with van der Waals surface area (Å²) in [6.45, 7) is 4.09. The Hall–Kier alpha value is -3.12. The number of para-hydroxylation sites is 2. The molecule has 0 fully saturated rings. The summed E-state index contributed by atoms with van der Waals surface area (Å²) in [4.78, 5) is 12.4. The zero-order valence-electron chi connectivity index (χ0n) is 15.3. The molecule has 0 aliphatic carbocycles. The molecule has 3 aromatic rings. The van der Waals surface area contributed by atoms with Crippen molar-refractivity contribution in [1.29, 1.82) is 0 Å². The normalized spacial score (nSPS) is 10.3. The molecule has 0 saturated carbocycles. The lowest BCUT2D eigenvalue weighted by Gasteiger charge is -2.11. The number of methoxy groups -OCH3 is 1. The second-order valence-electron chi connectivity index (χ2n) is 6.07. The molecule has 6 heteroatoms. The molecule has 2 N–H and O–H groups in total. The largest absolute Gasteiger partial charge is 0.495 e. The summed E-state index contributed by atoms with van der Waals surface area (Å²) in [6, 6.07) is 16.7. The summed E-state index contributed by atoms with van der Waals surface area (Å²) < 4.78 is 11.0. The van der Waals surface area contributed by atoms with Crippen LogP contribution in [0.1, 0.15) is 21.7 Å². The van der Waals surface area contributed by atoms with Gasteiger partial charge in [0.15, 0.2) is 10.9 Å². The van der Waals surface area contributed by atoms with Gasteiger partial charge in [0.25, 0.3) is 5.91 Å². The van der Waals surface area contributed by atoms with Crippen molar-refractivity contribution < 1.29 is 13.9 Å². The number of carbonyl (C=O) groups excluding carboxylic acids is 1. The van der Waals surface area contributed by atoms with E-state index in [2.05, 4.69) is 17.6 Å². The van der Waals surface area contributed by atoms with Gasteiger partial charge in [-0.3, -0.25) is 10.1 Å². The summed E-state index contributed by atoms with van der Waals surface area (Å²) in [5.41, 5.74) is 3.96. The average molecular weight is 380 g/mol. The van der Waals surface area contributed by atoms with E-state index >= 15 is 0 Å². The minimum atomic E-state index is -0.419. The Balaban J connectivity index is 1.68. The summed E-state index contributed by atoms with van der Waals surface area (Å²) in [5, 5.41) is 5.72. The van der Waals surface area contributed by atoms with Crippen LogP contribution in [0, 0.1) is 13.8 Å². The van der Waals surface area contributed by atoms with Gasteiger partial charge in [-0.2, -0.15) is 0 Å². The van der Waals surface area contributed by atoms with Crippen LogP contribution >= 0.6 is 12.2 Å². The molecule has 0 spiro atoms. The first-order chi connectivity index (χ1) is 13.0. The molecule has 0 aliphatic heterocycles. The lowest BCUT2D eigenvalue weighted by Crippen LogP contribution is -2.34. The Morgan fingerprint density at radius 2 is 1.81 bits per heavy atom. The highest BCUT2D eigenvalue weighted by atomic mass is 32.1. The van der Waals surface area contributed by atoms with Crippen LogP contribution in [-0.4, -0.2) is 18.1 Å². The minimum Gasteiger partial charge on any atom is -0.495 e. The molecule has 0 bridgehead atoms. The van der Waals surface area contributed by atoms with Crippen LogP contribution in [0.25, 0.3) is 11.3 Å². The second-order valence-corrected chi connectivity index (χ2v) is 6.48. The van der Waals surface area contributed by atoms with Crippen molar-refractivity contribution in [3.63, 3.8) is 0 Å². The molecule has 1 heterocycles. The molecule has 138 valence electrons. The molecule has 2 aromatic carbocycles. The first-order valence-corrected chi connectivity index (χ1v) is 8.81. The van der Waals surface area contributed by atoms with Crippen LogP contribution < -0.4 is 15.4 Å². The Bertz CT molecular complexity index is 995. The third-order valence-corrected chi connectivity index (χ3v) is 4.41. The van der Waals surface area contributed by atoms with Gasteiger partial charge in [0, 0.05) is 5.56 Å². The summed E-state index contributed by atoms with van der Waals surface area (Å²) in [7, 11) is 1.57. The van der Waals surface area contributed by atoms with Crippen LogP contribution in [0.2, 0.25) is 0 Å². The molecule has 27 heavy (non-hydrogen) atoms. The maximum absolute atomic E-state index is 12.4. The Labute approximate surface area is 163 Å². The van der Waals surface area contributed by atoms with E-state index in [0.717, 1.165) is 11.1 Å². The van der Waals surface area contributed by atoms with E-state index in [-0.39, 0.29) is 10.9 Å². The van der Waals surface area contributed by atoms with E-state index in [9.17, 15) is 4.79 Å². The molecule has 0 unspecified atom stereocenters. The maximum Gasteiger partial charge on any atom is 0.293 e. The number of aryl methyl sites for hydroxylation is 2. The lowest BCUT2D eigenvalue weighted by atomic mass is 10.1. The van der Waals surface area contributed by atoms with Crippen molar-refractivity contribution in [2.24, 2.45) is 0 Å². The highest BCUT2D eigenvalue weighted by molar-refractivity contribution is 7.80. The van der Waals surface area contributed by atoms with Crippen molar-refractivity contribution in [2.45, 2.75) is 13.8 Å². The van der Waals surface area contributed by atoms with Gasteiger partial charge in [-0.05, 0) is 67.5 Å². The van der Waals surface area contributed by atoms with Crippen molar-refractivity contribution in [3.05, 3.63) is 71.5 Å². The number of hydrogen-bond donors (Lipinski definition) is 2. The van der Waals surface area contributed by atoms with E-state index < -0.39 is 5.91 Å². The number of hydrogen-bond acceptors (Lipinski definition) is 4. The molecule has 3 rings (SSSR count). The van der Waals surface area contributed by atoms with Crippen LogP contribution in [0.15, 0.2) is 59.0 Å². The van der Waals surface area contributed by atoms with Crippen molar-refractivity contribution in [2.75, 3.05) is 12.4 Å². The summed E-state index contributed by atoms with van der Waals surface area (Å²) >= 11 is 5.21. The van der Waals surface area contributed by atoms with E-state index in [1.165, 1.54) is 5.56 Å². The number of amides is 1. The molecule has 1 amide bonds. The van der Waals surface area contributed by atoms with Gasteiger partial charge >= 0.3 is 0 Å². The Morgan fingerprint density at radius 1 is 1.04 bits per heavy atom. The van der Waals surface area contributed by atoms with Gasteiger partial charge in [0.1, 0.15) is 11.5 Å². The topological polar surface area (TPSA) is 63.5 Å². The predicted molar refractivity (Wildman–Crippen MR) is 110 cm³/mol. The standard InChI is InChI=1S/C21H20N2O3S/c1-13-8-9-15(12-14(13)2)17-10-11-19(26-17)20(24)23-21(27)22-16-6-4-5-7-18(16)25-3/h4-12H,1-3H3,(H2,22,23,24,27). The quantitative estimate of drug-likeness (QED) is 0.643. The maximum atomic E-state index is 12.4. The van der Waals surface area contributed by atoms with Crippen LogP contribution in [0.3, 0.4) is 0 Å². The van der Waals surface area contributed by atoms with E-state index in [4.69, 9.17) is 21.4 Å². The van der Waals surface area contributed by atoms with Gasteiger partial charge in [-0.1, -0.05) is 24.3 Å². The fourth-order valence-corrected chi connectivity index (χ4v) is 2.78. The van der Waals surface area contributed by atoms with Gasteiger partial charge in [-0.25, -0.2) is 0 Å². The Kier molecular flexibility index (Phi) is 5.57. The van der Waals surface area contributed by atoms with Gasteiger partial charge in [0.2, 0.25) is 0 Å². The number of thiocarbonyl (C=S) groups is 1. The third kappa shape index (κ3) is 4.35. The number of benzene rings is 2. The predicted octanol–water partition coefficient (Wildman–Crippen LogP) is 4.70. The average Bonchev–Trinajstić information content (AvgIpc) is 3.14. The molecule has 0 saturated heterocycles. The first kappa shape index (κ1) is 18.7. The monoisotopic (exact) mass is 380 g/mol. The van der Waals surface area contributed by atoms with Crippen LogP contribution in [-0.2, 0) is 0 Å². The number of anilines is 1. The van der Waals surface area contributed by atoms with Crippen LogP contribution in [0.5, 0.6) is 5.75 Å². The number of nitrogens with one attached hydrogen (secondary N) is 2. The fraction of sp³-hybridized carbons (Fsp3) is 0.143. The number of furan rings is 1. The van der Waals surface area contributed by atoms with Gasteiger partial charge < -0.3 is 14.5 Å².